The highest BCUT2D eigenvalue weighted by molar-refractivity contribution is 6.36. The van der Waals surface area contributed by atoms with E-state index in [0.29, 0.717) is 39.3 Å². The van der Waals surface area contributed by atoms with Crippen molar-refractivity contribution in [2.24, 2.45) is 5.92 Å². The highest BCUT2D eigenvalue weighted by atomic mass is 35.5. The third-order valence-corrected chi connectivity index (χ3v) is 5.56. The van der Waals surface area contributed by atoms with Gasteiger partial charge < -0.3 is 15.0 Å². The van der Waals surface area contributed by atoms with Crippen LogP contribution in [0.2, 0.25) is 15.1 Å². The minimum Gasteiger partial charge on any atom is -0.484 e. The van der Waals surface area contributed by atoms with E-state index in [4.69, 9.17) is 39.5 Å². The molecule has 31 heavy (non-hydrogen) atoms. The van der Waals surface area contributed by atoms with E-state index >= 15 is 0 Å². The van der Waals surface area contributed by atoms with Crippen LogP contribution in [0.1, 0.15) is 32.8 Å². The predicted octanol–water partition coefficient (Wildman–Crippen LogP) is 5.61. The molecular weight excluding hydrogens is 459 g/mol. The summed E-state index contributed by atoms with van der Waals surface area (Å²) in [6, 6.07) is 11.2. The number of hydrogen-bond donors (Lipinski definition) is 1. The van der Waals surface area contributed by atoms with Crippen molar-refractivity contribution >= 4 is 46.6 Å². The van der Waals surface area contributed by atoms with Crippen molar-refractivity contribution in [3.05, 3.63) is 63.1 Å². The fraction of sp³-hybridized carbons (Fsp3) is 0.391. The maximum absolute atomic E-state index is 13.2. The first-order valence-corrected chi connectivity index (χ1v) is 11.2. The number of rotatable bonds is 10. The van der Waals surface area contributed by atoms with Gasteiger partial charge in [0.1, 0.15) is 11.8 Å². The molecule has 0 aliphatic heterocycles. The third kappa shape index (κ3) is 7.60. The zero-order valence-electron chi connectivity index (χ0n) is 17.8. The molecule has 0 spiro atoms. The zero-order chi connectivity index (χ0) is 23.0. The molecule has 0 bridgehead atoms. The van der Waals surface area contributed by atoms with Gasteiger partial charge in [-0.25, -0.2) is 0 Å². The summed E-state index contributed by atoms with van der Waals surface area (Å²) in [4.78, 5) is 27.5. The normalized spacial score (nSPS) is 11.8. The van der Waals surface area contributed by atoms with Crippen LogP contribution in [0, 0.1) is 5.92 Å². The zero-order valence-corrected chi connectivity index (χ0v) is 20.1. The van der Waals surface area contributed by atoms with Gasteiger partial charge >= 0.3 is 0 Å². The van der Waals surface area contributed by atoms with E-state index < -0.39 is 6.04 Å². The number of benzene rings is 2. The number of nitrogens with one attached hydrogen (secondary N) is 1. The van der Waals surface area contributed by atoms with Crippen LogP contribution in [0.4, 0.5) is 0 Å². The quantitative estimate of drug-likeness (QED) is 0.476. The number of carbonyl (C=O) groups is 2. The van der Waals surface area contributed by atoms with Crippen molar-refractivity contribution in [3.8, 4) is 5.75 Å². The van der Waals surface area contributed by atoms with Gasteiger partial charge in [0.2, 0.25) is 5.91 Å². The maximum atomic E-state index is 13.2. The minimum atomic E-state index is -0.693. The molecule has 8 heteroatoms. The Hall–Kier alpha value is -1.95. The Morgan fingerprint density at radius 2 is 1.71 bits per heavy atom. The number of hydrogen-bond acceptors (Lipinski definition) is 3. The van der Waals surface area contributed by atoms with Crippen molar-refractivity contribution in [2.45, 2.75) is 39.8 Å². The molecule has 1 atom stereocenters. The van der Waals surface area contributed by atoms with Gasteiger partial charge in [0, 0.05) is 33.7 Å². The largest absolute Gasteiger partial charge is 0.484 e. The molecule has 0 saturated carbocycles. The molecule has 0 aromatic heterocycles. The summed E-state index contributed by atoms with van der Waals surface area (Å²) in [6.45, 7) is 6.22. The Balaban J connectivity index is 2.26. The maximum Gasteiger partial charge on any atom is 0.261 e. The van der Waals surface area contributed by atoms with Crippen molar-refractivity contribution in [2.75, 3.05) is 13.2 Å². The summed E-state index contributed by atoms with van der Waals surface area (Å²) >= 11 is 18.6. The average molecular weight is 486 g/mol. The van der Waals surface area contributed by atoms with Gasteiger partial charge in [-0.15, -0.1) is 0 Å². The van der Waals surface area contributed by atoms with Crippen LogP contribution < -0.4 is 10.1 Å². The van der Waals surface area contributed by atoms with E-state index in [-0.39, 0.29) is 30.9 Å². The topological polar surface area (TPSA) is 58.6 Å². The molecule has 2 amide bonds. The second-order valence-electron chi connectivity index (χ2n) is 7.53. The van der Waals surface area contributed by atoms with Gasteiger partial charge in [0.15, 0.2) is 6.61 Å². The van der Waals surface area contributed by atoms with Crippen molar-refractivity contribution in [3.63, 3.8) is 0 Å². The van der Waals surface area contributed by atoms with Gasteiger partial charge in [0.25, 0.3) is 5.91 Å². The molecular formula is C23H27Cl3N2O3. The Morgan fingerprint density at radius 1 is 1.06 bits per heavy atom. The number of amides is 2. The fourth-order valence-corrected chi connectivity index (χ4v) is 3.68. The molecule has 0 aliphatic rings. The molecule has 1 N–H and O–H groups in total. The lowest BCUT2D eigenvalue weighted by Gasteiger charge is -2.31. The van der Waals surface area contributed by atoms with Gasteiger partial charge in [0.05, 0.1) is 0 Å². The number of carbonyl (C=O) groups excluding carboxylic acids is 2. The number of halogens is 3. The van der Waals surface area contributed by atoms with Gasteiger partial charge in [-0.05, 0) is 42.7 Å². The van der Waals surface area contributed by atoms with Crippen LogP contribution in [0.5, 0.6) is 5.75 Å². The van der Waals surface area contributed by atoms with Crippen LogP contribution in [0.15, 0.2) is 42.5 Å². The Labute approximate surface area is 198 Å². The molecule has 2 rings (SSSR count). The summed E-state index contributed by atoms with van der Waals surface area (Å²) in [7, 11) is 0. The summed E-state index contributed by atoms with van der Waals surface area (Å²) in [5.41, 5.74) is 0.581. The molecule has 2 aromatic rings. The first-order valence-electron chi connectivity index (χ1n) is 10.1. The Morgan fingerprint density at radius 3 is 2.29 bits per heavy atom. The lowest BCUT2D eigenvalue weighted by atomic mass is 10.1. The minimum absolute atomic E-state index is 0.0872. The highest BCUT2D eigenvalue weighted by Gasteiger charge is 2.30. The van der Waals surface area contributed by atoms with E-state index in [1.807, 2.05) is 20.8 Å². The smallest absolute Gasteiger partial charge is 0.261 e. The van der Waals surface area contributed by atoms with Crippen LogP contribution in [-0.2, 0) is 16.1 Å². The molecule has 5 nitrogen and oxygen atoms in total. The first kappa shape index (κ1) is 25.3. The molecule has 0 fully saturated rings. The Bertz CT molecular complexity index is 885. The third-order valence-electron chi connectivity index (χ3n) is 4.62. The lowest BCUT2D eigenvalue weighted by Crippen LogP contribution is -2.50. The van der Waals surface area contributed by atoms with Crippen LogP contribution in [-0.4, -0.2) is 35.9 Å². The monoisotopic (exact) mass is 484 g/mol. The molecule has 2 aromatic carbocycles. The predicted molar refractivity (Wildman–Crippen MR) is 126 cm³/mol. The summed E-state index contributed by atoms with van der Waals surface area (Å²) in [5.74, 6) is 0.168. The number of nitrogens with zero attached hydrogens (tertiary/aromatic N) is 1. The second-order valence-corrected chi connectivity index (χ2v) is 8.78. The van der Waals surface area contributed by atoms with Gasteiger partial charge in [-0.1, -0.05) is 67.7 Å². The molecule has 0 saturated heterocycles. The van der Waals surface area contributed by atoms with Crippen molar-refractivity contribution < 1.29 is 14.3 Å². The lowest BCUT2D eigenvalue weighted by molar-refractivity contribution is -0.143. The molecule has 0 heterocycles. The van der Waals surface area contributed by atoms with Crippen LogP contribution in [0.3, 0.4) is 0 Å². The standard InChI is InChI=1S/C23H27Cl3N2O3/c1-4-21(23(30)27-12-15(2)3)28(13-18-19(25)9-6-10-20(18)26)22(29)14-31-17-8-5-7-16(24)11-17/h5-11,15,21H,4,12-14H2,1-3H3,(H,27,30)/t21-/m1/s1. The number of ether oxygens (including phenoxy) is 1. The van der Waals surface area contributed by atoms with Gasteiger partial charge in [-0.3, -0.25) is 9.59 Å². The van der Waals surface area contributed by atoms with E-state index in [1.54, 1.807) is 42.5 Å². The van der Waals surface area contributed by atoms with E-state index in [9.17, 15) is 9.59 Å². The van der Waals surface area contributed by atoms with E-state index in [1.165, 1.54) is 4.90 Å². The summed E-state index contributed by atoms with van der Waals surface area (Å²) in [5, 5.41) is 4.27. The van der Waals surface area contributed by atoms with Crippen LogP contribution >= 0.6 is 34.8 Å². The SMILES string of the molecule is CC[C@H](C(=O)NCC(C)C)N(Cc1c(Cl)cccc1Cl)C(=O)COc1cccc(Cl)c1. The van der Waals surface area contributed by atoms with E-state index in [2.05, 4.69) is 5.32 Å². The fourth-order valence-electron chi connectivity index (χ4n) is 2.98. The van der Waals surface area contributed by atoms with Crippen molar-refractivity contribution in [1.29, 1.82) is 0 Å². The Kier molecular flexibility index (Phi) is 9.94. The summed E-state index contributed by atoms with van der Waals surface area (Å²) in [6.07, 6.45) is 0.426. The summed E-state index contributed by atoms with van der Waals surface area (Å²) < 4.78 is 5.63. The van der Waals surface area contributed by atoms with Crippen LogP contribution in [0.25, 0.3) is 0 Å². The molecule has 168 valence electrons. The van der Waals surface area contributed by atoms with Gasteiger partial charge in [-0.2, -0.15) is 0 Å². The molecule has 0 unspecified atom stereocenters. The average Bonchev–Trinajstić information content (AvgIpc) is 2.72. The highest BCUT2D eigenvalue weighted by Crippen LogP contribution is 2.27. The first-order chi connectivity index (χ1) is 14.7. The molecule has 0 aliphatic carbocycles. The molecule has 0 radical (unpaired) electrons. The van der Waals surface area contributed by atoms with Crippen molar-refractivity contribution in [1.82, 2.24) is 10.2 Å². The van der Waals surface area contributed by atoms with E-state index in [0.717, 1.165) is 0 Å². The second kappa shape index (κ2) is 12.2.